The van der Waals surface area contributed by atoms with Gasteiger partial charge in [-0.25, -0.2) is 0 Å². The highest BCUT2D eigenvalue weighted by Gasteiger charge is 2.08. The van der Waals surface area contributed by atoms with Crippen LogP contribution in [0.4, 0.5) is 0 Å². The van der Waals surface area contributed by atoms with Gasteiger partial charge in [-0.1, -0.05) is 6.08 Å². The van der Waals surface area contributed by atoms with E-state index in [2.05, 4.69) is 24.5 Å². The molecule has 0 saturated heterocycles. The number of allylic oxidation sites excluding steroid dienone is 1. The molecule has 9 heavy (non-hydrogen) atoms. The van der Waals surface area contributed by atoms with E-state index in [1.165, 1.54) is 10.4 Å². The molecule has 46 valence electrons. The zero-order chi connectivity index (χ0) is 6.27. The molecule has 2 rings (SSSR count). The highest BCUT2D eigenvalue weighted by Crippen LogP contribution is 2.28. The molecule has 1 aliphatic carbocycles. The number of aryl methyl sites for hydroxylation is 1. The van der Waals surface area contributed by atoms with Gasteiger partial charge in [0, 0.05) is 4.88 Å². The summed E-state index contributed by atoms with van der Waals surface area (Å²) in [6.07, 6.45) is 5.60. The molecular weight excluding hydrogens is 128 g/mol. The fourth-order valence-electron chi connectivity index (χ4n) is 1.17. The van der Waals surface area contributed by atoms with Gasteiger partial charge < -0.3 is 0 Å². The third-order valence-corrected chi connectivity index (χ3v) is 2.84. The van der Waals surface area contributed by atoms with E-state index in [4.69, 9.17) is 0 Å². The van der Waals surface area contributed by atoms with Crippen molar-refractivity contribution >= 4 is 17.4 Å². The van der Waals surface area contributed by atoms with Crippen LogP contribution in [0.1, 0.15) is 16.0 Å². The lowest BCUT2D eigenvalue weighted by Crippen LogP contribution is -1.75. The highest BCUT2D eigenvalue weighted by atomic mass is 32.1. The van der Waals surface area contributed by atoms with E-state index < -0.39 is 0 Å². The first-order chi connectivity index (χ1) is 4.38. The first-order valence-electron chi connectivity index (χ1n) is 3.11. The zero-order valence-electron chi connectivity index (χ0n) is 5.35. The van der Waals surface area contributed by atoms with Gasteiger partial charge in [-0.2, -0.15) is 0 Å². The molecule has 1 aliphatic rings. The molecule has 0 bridgehead atoms. The molecule has 0 N–H and O–H groups in total. The van der Waals surface area contributed by atoms with E-state index in [1.54, 1.807) is 5.56 Å². The topological polar surface area (TPSA) is 0 Å². The van der Waals surface area contributed by atoms with Gasteiger partial charge in [-0.15, -0.1) is 11.3 Å². The van der Waals surface area contributed by atoms with Gasteiger partial charge in [0.1, 0.15) is 0 Å². The Morgan fingerprint density at radius 2 is 2.44 bits per heavy atom. The minimum atomic E-state index is 1.16. The Hall–Kier alpha value is -0.560. The van der Waals surface area contributed by atoms with E-state index in [0.717, 1.165) is 6.42 Å². The Labute approximate surface area is 58.8 Å². The molecule has 1 heteroatoms. The predicted molar refractivity (Wildman–Crippen MR) is 41.8 cm³/mol. The van der Waals surface area contributed by atoms with E-state index in [-0.39, 0.29) is 0 Å². The van der Waals surface area contributed by atoms with Crippen molar-refractivity contribution in [2.75, 3.05) is 0 Å². The van der Waals surface area contributed by atoms with Gasteiger partial charge in [-0.05, 0) is 35.9 Å². The number of rotatable bonds is 0. The van der Waals surface area contributed by atoms with Gasteiger partial charge in [0.15, 0.2) is 0 Å². The SMILES string of the molecule is Cc1csc2c1CC=C2. The second-order valence-corrected chi connectivity index (χ2v) is 3.28. The van der Waals surface area contributed by atoms with Gasteiger partial charge in [-0.3, -0.25) is 0 Å². The molecule has 0 atom stereocenters. The van der Waals surface area contributed by atoms with Crippen LogP contribution >= 0.6 is 11.3 Å². The molecule has 1 heterocycles. The molecule has 0 unspecified atom stereocenters. The van der Waals surface area contributed by atoms with Crippen LogP contribution in [0, 0.1) is 6.92 Å². The molecule has 0 spiro atoms. The summed E-state index contributed by atoms with van der Waals surface area (Å²) in [5.74, 6) is 0. The minimum absolute atomic E-state index is 1.16. The first kappa shape index (κ1) is 5.24. The van der Waals surface area contributed by atoms with Gasteiger partial charge in [0.05, 0.1) is 0 Å². The fraction of sp³-hybridized carbons (Fsp3) is 0.250. The average Bonchev–Trinajstić information content (AvgIpc) is 2.35. The summed E-state index contributed by atoms with van der Waals surface area (Å²) in [6.45, 7) is 2.18. The maximum atomic E-state index is 2.23. The van der Waals surface area contributed by atoms with Crippen molar-refractivity contribution in [1.82, 2.24) is 0 Å². The third kappa shape index (κ3) is 0.648. The molecule has 0 fully saturated rings. The van der Waals surface area contributed by atoms with Crippen molar-refractivity contribution in [2.24, 2.45) is 0 Å². The van der Waals surface area contributed by atoms with E-state index in [9.17, 15) is 0 Å². The van der Waals surface area contributed by atoms with Crippen LogP contribution in [0.5, 0.6) is 0 Å². The maximum Gasteiger partial charge on any atom is 0.0305 e. The van der Waals surface area contributed by atoms with Crippen molar-refractivity contribution < 1.29 is 0 Å². The smallest absolute Gasteiger partial charge is 0.0305 e. The van der Waals surface area contributed by atoms with Crippen molar-refractivity contribution in [1.29, 1.82) is 0 Å². The molecule has 0 aromatic carbocycles. The standard InChI is InChI=1S/C8H8S/c1-6-5-9-8-4-2-3-7(6)8/h2,4-5H,3H2,1H3. The van der Waals surface area contributed by atoms with Crippen molar-refractivity contribution in [3.8, 4) is 0 Å². The fourth-order valence-corrected chi connectivity index (χ4v) is 2.18. The van der Waals surface area contributed by atoms with Crippen molar-refractivity contribution in [3.63, 3.8) is 0 Å². The Morgan fingerprint density at radius 1 is 1.56 bits per heavy atom. The Kier molecular flexibility index (Phi) is 0.995. The molecule has 0 amide bonds. The highest BCUT2D eigenvalue weighted by molar-refractivity contribution is 7.11. The second kappa shape index (κ2) is 1.71. The van der Waals surface area contributed by atoms with Gasteiger partial charge in [0.25, 0.3) is 0 Å². The first-order valence-corrected chi connectivity index (χ1v) is 3.99. The number of thiophene rings is 1. The maximum absolute atomic E-state index is 2.23. The van der Waals surface area contributed by atoms with Crippen molar-refractivity contribution in [2.45, 2.75) is 13.3 Å². The lowest BCUT2D eigenvalue weighted by Gasteiger charge is -1.88. The van der Waals surface area contributed by atoms with Crippen LogP contribution in [0.3, 0.4) is 0 Å². The molecule has 0 saturated carbocycles. The summed E-state index contributed by atoms with van der Waals surface area (Å²) < 4.78 is 0. The lowest BCUT2D eigenvalue weighted by molar-refractivity contribution is 1.28. The summed E-state index contributed by atoms with van der Waals surface area (Å²) in [4.78, 5) is 1.47. The van der Waals surface area contributed by atoms with E-state index in [0.29, 0.717) is 0 Å². The number of fused-ring (bicyclic) bond motifs is 1. The zero-order valence-corrected chi connectivity index (χ0v) is 6.16. The minimum Gasteiger partial charge on any atom is -0.144 e. The van der Waals surface area contributed by atoms with Crippen LogP contribution in [0.2, 0.25) is 0 Å². The summed E-state index contributed by atoms with van der Waals surface area (Å²) in [7, 11) is 0. The molecule has 0 radical (unpaired) electrons. The molecule has 1 aromatic heterocycles. The van der Waals surface area contributed by atoms with E-state index in [1.807, 2.05) is 11.3 Å². The van der Waals surface area contributed by atoms with Crippen LogP contribution in [-0.2, 0) is 6.42 Å². The predicted octanol–water partition coefficient (Wildman–Crippen LogP) is 2.63. The Morgan fingerprint density at radius 3 is 3.22 bits per heavy atom. The van der Waals surface area contributed by atoms with Crippen LogP contribution in [0.15, 0.2) is 11.5 Å². The normalized spacial score (nSPS) is 14.3. The van der Waals surface area contributed by atoms with Crippen molar-refractivity contribution in [3.05, 3.63) is 27.5 Å². The molecule has 0 nitrogen and oxygen atoms in total. The van der Waals surface area contributed by atoms with Gasteiger partial charge in [0.2, 0.25) is 0 Å². The molecule has 1 aromatic rings. The summed E-state index contributed by atoms with van der Waals surface area (Å²) in [5, 5.41) is 2.23. The average molecular weight is 136 g/mol. The molecular formula is C8H8S. The van der Waals surface area contributed by atoms with Gasteiger partial charge >= 0.3 is 0 Å². The molecule has 0 aliphatic heterocycles. The van der Waals surface area contributed by atoms with Crippen LogP contribution in [0.25, 0.3) is 6.08 Å². The lowest BCUT2D eigenvalue weighted by atomic mass is 10.2. The largest absolute Gasteiger partial charge is 0.144 e. The van der Waals surface area contributed by atoms with Crippen LogP contribution in [-0.4, -0.2) is 0 Å². The Balaban J connectivity index is 2.65. The number of hydrogen-bond donors (Lipinski definition) is 0. The van der Waals surface area contributed by atoms with E-state index >= 15 is 0 Å². The second-order valence-electron chi connectivity index (χ2n) is 2.37. The summed E-state index contributed by atoms with van der Waals surface area (Å²) >= 11 is 1.85. The third-order valence-electron chi connectivity index (χ3n) is 1.73. The van der Waals surface area contributed by atoms with Crippen LogP contribution < -0.4 is 0 Å². The number of hydrogen-bond acceptors (Lipinski definition) is 1. The monoisotopic (exact) mass is 136 g/mol. The quantitative estimate of drug-likeness (QED) is 0.514. The summed E-state index contributed by atoms with van der Waals surface area (Å²) in [5.41, 5.74) is 3.00. The Bertz CT molecular complexity index is 256. The summed E-state index contributed by atoms with van der Waals surface area (Å²) in [6, 6.07) is 0.